The van der Waals surface area contributed by atoms with Gasteiger partial charge in [0.05, 0.1) is 5.03 Å². The molecule has 0 aromatic carbocycles. The molecule has 3 nitrogen and oxygen atoms in total. The zero-order chi connectivity index (χ0) is 11.5. The van der Waals surface area contributed by atoms with Crippen molar-refractivity contribution in [1.29, 1.82) is 0 Å². The molecule has 16 heavy (non-hydrogen) atoms. The summed E-state index contributed by atoms with van der Waals surface area (Å²) in [6.45, 7) is 0.819. The molecule has 0 bridgehead atoms. The van der Waals surface area contributed by atoms with E-state index in [0.29, 0.717) is 12.3 Å². The number of aromatic nitrogens is 1. The minimum atomic E-state index is 0.255. The lowest BCUT2D eigenvalue weighted by Crippen LogP contribution is -2.35. The van der Waals surface area contributed by atoms with Gasteiger partial charge in [0.2, 0.25) is 5.91 Å². The first-order valence-electron chi connectivity index (χ1n) is 5.44. The smallest absolute Gasteiger partial charge is 0.222 e. The molecule has 0 radical (unpaired) electrons. The number of nitrogens with zero attached hydrogens (tertiary/aromatic N) is 2. The number of hydrogen-bond donors (Lipinski definition) is 0. The summed E-state index contributed by atoms with van der Waals surface area (Å²) >= 11 is 1.65. The van der Waals surface area contributed by atoms with Crippen LogP contribution in [0.15, 0.2) is 23.4 Å². The molecular formula is C12H16N2OS. The fourth-order valence-corrected chi connectivity index (χ4v) is 2.40. The van der Waals surface area contributed by atoms with Crippen molar-refractivity contribution in [1.82, 2.24) is 9.88 Å². The third-order valence-electron chi connectivity index (χ3n) is 3.07. The van der Waals surface area contributed by atoms with E-state index >= 15 is 0 Å². The predicted octanol–water partition coefficient (Wildman–Crippen LogP) is 2.14. The van der Waals surface area contributed by atoms with Crippen molar-refractivity contribution in [3.05, 3.63) is 23.9 Å². The van der Waals surface area contributed by atoms with Gasteiger partial charge in [-0.05, 0) is 24.3 Å². The highest BCUT2D eigenvalue weighted by atomic mass is 32.2. The maximum absolute atomic E-state index is 11.4. The van der Waals surface area contributed by atoms with Crippen LogP contribution in [-0.4, -0.2) is 35.6 Å². The standard InChI is InChI=1S/C12H16N2OS/c1-14-8-10(4-6-12(14)15)9-3-5-11(16-2)13-7-9/h3,5,7,10H,4,6,8H2,1-2H3. The Kier molecular flexibility index (Phi) is 3.49. The van der Waals surface area contributed by atoms with Crippen LogP contribution in [0.5, 0.6) is 0 Å². The Morgan fingerprint density at radius 2 is 2.31 bits per heavy atom. The Morgan fingerprint density at radius 1 is 1.50 bits per heavy atom. The van der Waals surface area contributed by atoms with Gasteiger partial charge < -0.3 is 4.90 Å². The second-order valence-corrected chi connectivity index (χ2v) is 4.97. The van der Waals surface area contributed by atoms with E-state index in [1.165, 1.54) is 5.56 Å². The van der Waals surface area contributed by atoms with E-state index in [4.69, 9.17) is 0 Å². The molecule has 1 atom stereocenters. The van der Waals surface area contributed by atoms with Crippen molar-refractivity contribution in [3.8, 4) is 0 Å². The summed E-state index contributed by atoms with van der Waals surface area (Å²) in [6, 6.07) is 4.18. The van der Waals surface area contributed by atoms with Crippen molar-refractivity contribution in [2.75, 3.05) is 19.8 Å². The molecule has 1 fully saturated rings. The molecule has 1 saturated heterocycles. The first kappa shape index (κ1) is 11.5. The Bertz CT molecular complexity index is 377. The fourth-order valence-electron chi connectivity index (χ4n) is 2.04. The Hall–Kier alpha value is -1.03. The van der Waals surface area contributed by atoms with Crippen molar-refractivity contribution in [2.45, 2.75) is 23.8 Å². The highest BCUT2D eigenvalue weighted by Gasteiger charge is 2.24. The molecule has 1 unspecified atom stereocenters. The first-order valence-corrected chi connectivity index (χ1v) is 6.67. The van der Waals surface area contributed by atoms with Crippen LogP contribution < -0.4 is 0 Å². The van der Waals surface area contributed by atoms with Gasteiger partial charge >= 0.3 is 0 Å². The summed E-state index contributed by atoms with van der Waals surface area (Å²) in [5.74, 6) is 0.705. The Labute approximate surface area is 100 Å². The second kappa shape index (κ2) is 4.87. The molecule has 0 spiro atoms. The lowest BCUT2D eigenvalue weighted by atomic mass is 9.92. The summed E-state index contributed by atoms with van der Waals surface area (Å²) in [5.41, 5.74) is 1.25. The van der Waals surface area contributed by atoms with Gasteiger partial charge in [-0.2, -0.15) is 0 Å². The van der Waals surface area contributed by atoms with E-state index in [2.05, 4.69) is 17.1 Å². The second-order valence-electron chi connectivity index (χ2n) is 4.14. The first-order chi connectivity index (χ1) is 7.70. The van der Waals surface area contributed by atoms with Gasteiger partial charge in [0, 0.05) is 32.1 Å². The van der Waals surface area contributed by atoms with Gasteiger partial charge in [0.1, 0.15) is 0 Å². The minimum Gasteiger partial charge on any atom is -0.345 e. The monoisotopic (exact) mass is 236 g/mol. The number of carbonyl (C=O) groups is 1. The normalized spacial score (nSPS) is 21.2. The van der Waals surface area contributed by atoms with Crippen LogP contribution in [-0.2, 0) is 4.79 Å². The van der Waals surface area contributed by atoms with Gasteiger partial charge in [-0.25, -0.2) is 4.98 Å². The van der Waals surface area contributed by atoms with E-state index in [1.807, 2.05) is 24.4 Å². The number of hydrogen-bond acceptors (Lipinski definition) is 3. The van der Waals surface area contributed by atoms with Crippen molar-refractivity contribution in [2.24, 2.45) is 0 Å². The molecule has 1 amide bonds. The number of thioether (sulfide) groups is 1. The average molecular weight is 236 g/mol. The number of carbonyl (C=O) groups excluding carboxylic acids is 1. The van der Waals surface area contributed by atoms with E-state index < -0.39 is 0 Å². The molecule has 4 heteroatoms. The van der Waals surface area contributed by atoms with Crippen LogP contribution in [0.2, 0.25) is 0 Å². The van der Waals surface area contributed by atoms with E-state index in [9.17, 15) is 4.79 Å². The Balaban J connectivity index is 2.09. The van der Waals surface area contributed by atoms with Crippen molar-refractivity contribution < 1.29 is 4.79 Å². The summed E-state index contributed by atoms with van der Waals surface area (Å²) in [4.78, 5) is 17.6. The molecule has 1 aliphatic rings. The molecular weight excluding hydrogens is 220 g/mol. The SMILES string of the molecule is CSc1ccc(C2CCC(=O)N(C)C2)cn1. The summed E-state index contributed by atoms with van der Waals surface area (Å²) in [6.07, 6.45) is 5.57. The van der Waals surface area contributed by atoms with Crippen molar-refractivity contribution in [3.63, 3.8) is 0 Å². The zero-order valence-electron chi connectivity index (χ0n) is 9.64. The van der Waals surface area contributed by atoms with Crippen LogP contribution in [0.3, 0.4) is 0 Å². The number of pyridine rings is 1. The Morgan fingerprint density at radius 3 is 2.88 bits per heavy atom. The number of piperidine rings is 1. The highest BCUT2D eigenvalue weighted by molar-refractivity contribution is 7.98. The van der Waals surface area contributed by atoms with Crippen molar-refractivity contribution >= 4 is 17.7 Å². The molecule has 1 aromatic rings. The number of amides is 1. The zero-order valence-corrected chi connectivity index (χ0v) is 10.5. The number of rotatable bonds is 2. The van der Waals surface area contributed by atoms with Crippen LogP contribution in [0, 0.1) is 0 Å². The van der Waals surface area contributed by atoms with Crippen LogP contribution >= 0.6 is 11.8 Å². The van der Waals surface area contributed by atoms with Gasteiger partial charge in [0.25, 0.3) is 0 Å². The summed E-state index contributed by atoms with van der Waals surface area (Å²) in [7, 11) is 1.87. The fraction of sp³-hybridized carbons (Fsp3) is 0.500. The quantitative estimate of drug-likeness (QED) is 0.738. The maximum Gasteiger partial charge on any atom is 0.222 e. The van der Waals surface area contributed by atoms with Crippen LogP contribution in [0.25, 0.3) is 0 Å². The van der Waals surface area contributed by atoms with Gasteiger partial charge in [-0.15, -0.1) is 11.8 Å². The number of likely N-dealkylation sites (N-methyl/N-ethyl adjacent to an activating group) is 1. The molecule has 0 aliphatic carbocycles. The number of likely N-dealkylation sites (tertiary alicyclic amines) is 1. The molecule has 2 rings (SSSR count). The summed E-state index contributed by atoms with van der Waals surface area (Å²) in [5, 5.41) is 1.05. The van der Waals surface area contributed by atoms with Gasteiger partial charge in [0.15, 0.2) is 0 Å². The largest absolute Gasteiger partial charge is 0.345 e. The van der Waals surface area contributed by atoms with E-state index in [1.54, 1.807) is 11.8 Å². The molecule has 0 saturated carbocycles. The average Bonchev–Trinajstić information content (AvgIpc) is 2.33. The van der Waals surface area contributed by atoms with Gasteiger partial charge in [-0.3, -0.25) is 4.79 Å². The third-order valence-corrected chi connectivity index (χ3v) is 3.73. The van der Waals surface area contributed by atoms with Gasteiger partial charge in [-0.1, -0.05) is 6.07 Å². The molecule has 1 aliphatic heterocycles. The topological polar surface area (TPSA) is 33.2 Å². The predicted molar refractivity (Wildman–Crippen MR) is 65.6 cm³/mol. The van der Waals surface area contributed by atoms with Crippen LogP contribution in [0.4, 0.5) is 0 Å². The van der Waals surface area contributed by atoms with E-state index in [-0.39, 0.29) is 5.91 Å². The minimum absolute atomic E-state index is 0.255. The molecule has 0 N–H and O–H groups in total. The maximum atomic E-state index is 11.4. The van der Waals surface area contributed by atoms with E-state index in [0.717, 1.165) is 18.0 Å². The highest BCUT2D eigenvalue weighted by Crippen LogP contribution is 2.27. The molecule has 86 valence electrons. The van der Waals surface area contributed by atoms with Crippen LogP contribution in [0.1, 0.15) is 24.3 Å². The third kappa shape index (κ3) is 2.38. The summed E-state index contributed by atoms with van der Waals surface area (Å²) < 4.78 is 0. The molecule has 1 aromatic heterocycles. The molecule has 2 heterocycles. The lowest BCUT2D eigenvalue weighted by molar-refractivity contribution is -0.132. The lowest BCUT2D eigenvalue weighted by Gasteiger charge is -2.29.